The number of amides is 1. The number of halogens is 3. The number of nitrogens with one attached hydrogen (secondary N) is 1. The number of hydrogen-bond acceptors (Lipinski definition) is 2. The van der Waals surface area contributed by atoms with Crippen LogP contribution in [-0.2, 0) is 0 Å². The van der Waals surface area contributed by atoms with Crippen molar-refractivity contribution in [2.75, 3.05) is 13.1 Å². The largest absolute Gasteiger partial charge is 0.331 e. The van der Waals surface area contributed by atoms with Crippen LogP contribution in [-0.4, -0.2) is 36.0 Å². The highest BCUT2D eigenvalue weighted by molar-refractivity contribution is 6.44. The molecule has 1 amide bonds. The van der Waals surface area contributed by atoms with E-state index in [2.05, 4.69) is 5.32 Å². The van der Waals surface area contributed by atoms with Crippen LogP contribution in [0.4, 0.5) is 4.39 Å². The maximum absolute atomic E-state index is 13.5. The first kappa shape index (κ1) is 16.0. The number of rotatable bonds is 3. The van der Waals surface area contributed by atoms with E-state index in [1.54, 1.807) is 0 Å². The second-order valence-electron chi connectivity index (χ2n) is 6.02. The normalized spacial score (nSPS) is 22.2. The molecule has 3 nitrogen and oxygen atoms in total. The van der Waals surface area contributed by atoms with Crippen LogP contribution in [0.15, 0.2) is 12.1 Å². The first-order chi connectivity index (χ1) is 10.6. The zero-order valence-corrected chi connectivity index (χ0v) is 13.8. The molecule has 2 fully saturated rings. The summed E-state index contributed by atoms with van der Waals surface area (Å²) in [6, 6.07) is 3.07. The van der Waals surface area contributed by atoms with E-state index in [1.165, 1.54) is 12.1 Å². The van der Waals surface area contributed by atoms with E-state index in [0.29, 0.717) is 5.56 Å². The van der Waals surface area contributed by atoms with Crippen LogP contribution in [0.3, 0.4) is 0 Å². The molecule has 0 spiro atoms. The van der Waals surface area contributed by atoms with Gasteiger partial charge < -0.3 is 10.2 Å². The van der Waals surface area contributed by atoms with Gasteiger partial charge in [-0.15, -0.1) is 0 Å². The van der Waals surface area contributed by atoms with Crippen molar-refractivity contribution in [1.82, 2.24) is 10.2 Å². The standard InChI is InChI=1S/C16H19Cl2FN2O/c17-14-12(5-6-13(19)15(14)18)16(22)21(10-3-1-2-4-10)11-7-8-20-9-11/h5-6,10-11,20H,1-4,7-9H2/t11-/m0/s1. The topological polar surface area (TPSA) is 32.3 Å². The van der Waals surface area contributed by atoms with Gasteiger partial charge in [-0.3, -0.25) is 4.79 Å². The highest BCUT2D eigenvalue weighted by atomic mass is 35.5. The molecule has 1 aromatic carbocycles. The Morgan fingerprint density at radius 1 is 1.14 bits per heavy atom. The van der Waals surface area contributed by atoms with Crippen molar-refractivity contribution in [3.63, 3.8) is 0 Å². The molecule has 1 saturated carbocycles. The molecule has 3 rings (SSSR count). The molecule has 0 radical (unpaired) electrons. The lowest BCUT2D eigenvalue weighted by molar-refractivity contribution is 0.0595. The predicted molar refractivity (Wildman–Crippen MR) is 86.1 cm³/mol. The Morgan fingerprint density at radius 3 is 2.50 bits per heavy atom. The van der Waals surface area contributed by atoms with Crippen molar-refractivity contribution in [2.24, 2.45) is 0 Å². The summed E-state index contributed by atoms with van der Waals surface area (Å²) in [7, 11) is 0. The second-order valence-corrected chi connectivity index (χ2v) is 6.78. The lowest BCUT2D eigenvalue weighted by Crippen LogP contribution is -2.47. The van der Waals surface area contributed by atoms with E-state index in [4.69, 9.17) is 23.2 Å². The lowest BCUT2D eigenvalue weighted by Gasteiger charge is -2.34. The third-order valence-corrected chi connectivity index (χ3v) is 5.50. The van der Waals surface area contributed by atoms with E-state index in [1.807, 2.05) is 4.90 Å². The average molecular weight is 345 g/mol. The molecule has 1 saturated heterocycles. The summed E-state index contributed by atoms with van der Waals surface area (Å²) in [5.41, 5.74) is 0.298. The van der Waals surface area contributed by atoms with Crippen molar-refractivity contribution in [2.45, 2.75) is 44.2 Å². The Bertz CT molecular complexity index is 554. The van der Waals surface area contributed by atoms with Crippen LogP contribution in [0.1, 0.15) is 42.5 Å². The number of carbonyl (C=O) groups excluding carboxylic acids is 1. The van der Waals surface area contributed by atoms with Gasteiger partial charge in [0.25, 0.3) is 5.91 Å². The Balaban J connectivity index is 1.93. The molecule has 6 heteroatoms. The summed E-state index contributed by atoms with van der Waals surface area (Å²) >= 11 is 12.0. The van der Waals surface area contributed by atoms with Crippen LogP contribution in [0.25, 0.3) is 0 Å². The molecular weight excluding hydrogens is 326 g/mol. The minimum absolute atomic E-state index is 0.0145. The molecule has 1 aliphatic carbocycles. The van der Waals surface area contributed by atoms with Gasteiger partial charge in [-0.2, -0.15) is 0 Å². The van der Waals surface area contributed by atoms with Gasteiger partial charge in [0.05, 0.1) is 15.6 Å². The summed E-state index contributed by atoms with van der Waals surface area (Å²) < 4.78 is 13.5. The van der Waals surface area contributed by atoms with Gasteiger partial charge in [0.15, 0.2) is 0 Å². The summed E-state index contributed by atoms with van der Waals surface area (Å²) in [5.74, 6) is -0.731. The van der Waals surface area contributed by atoms with Crippen molar-refractivity contribution in [1.29, 1.82) is 0 Å². The molecule has 22 heavy (non-hydrogen) atoms. The fourth-order valence-corrected chi connectivity index (χ4v) is 3.92. The maximum atomic E-state index is 13.5. The van der Waals surface area contributed by atoms with Crippen molar-refractivity contribution < 1.29 is 9.18 Å². The number of benzene rings is 1. The van der Waals surface area contributed by atoms with Gasteiger partial charge in [0.2, 0.25) is 0 Å². The second kappa shape index (κ2) is 6.73. The molecule has 0 bridgehead atoms. The number of nitrogens with zero attached hydrogens (tertiary/aromatic N) is 1. The Hall–Kier alpha value is -0.840. The van der Waals surface area contributed by atoms with E-state index >= 15 is 0 Å². The van der Waals surface area contributed by atoms with Crippen LogP contribution in [0, 0.1) is 5.82 Å². The van der Waals surface area contributed by atoms with Crippen LogP contribution < -0.4 is 5.32 Å². The van der Waals surface area contributed by atoms with E-state index in [0.717, 1.165) is 45.2 Å². The Kier molecular flexibility index (Phi) is 4.91. The SMILES string of the molecule is O=C(c1ccc(F)c(Cl)c1Cl)N(C1CCCC1)[C@H]1CCNC1. The van der Waals surface area contributed by atoms with Crippen molar-refractivity contribution >= 4 is 29.1 Å². The molecule has 0 aromatic heterocycles. The van der Waals surface area contributed by atoms with E-state index < -0.39 is 5.82 Å². The van der Waals surface area contributed by atoms with Gasteiger partial charge in [0, 0.05) is 18.6 Å². The number of hydrogen-bond donors (Lipinski definition) is 1. The quantitative estimate of drug-likeness (QED) is 0.844. The smallest absolute Gasteiger partial charge is 0.255 e. The number of carbonyl (C=O) groups is 1. The predicted octanol–water partition coefficient (Wildman–Crippen LogP) is 3.88. The lowest BCUT2D eigenvalue weighted by atomic mass is 10.1. The molecule has 1 heterocycles. The molecule has 1 N–H and O–H groups in total. The third-order valence-electron chi connectivity index (χ3n) is 4.65. The van der Waals surface area contributed by atoms with Crippen LogP contribution >= 0.6 is 23.2 Å². The third kappa shape index (κ3) is 2.97. The minimum atomic E-state index is -0.599. The molecule has 1 aliphatic heterocycles. The monoisotopic (exact) mass is 344 g/mol. The van der Waals surface area contributed by atoms with Crippen molar-refractivity contribution in [3.05, 3.63) is 33.6 Å². The summed E-state index contributed by atoms with van der Waals surface area (Å²) in [6.07, 6.45) is 5.28. The zero-order valence-electron chi connectivity index (χ0n) is 12.2. The maximum Gasteiger partial charge on any atom is 0.255 e. The van der Waals surface area contributed by atoms with Gasteiger partial charge in [-0.1, -0.05) is 36.0 Å². The van der Waals surface area contributed by atoms with Gasteiger partial charge in [-0.25, -0.2) is 4.39 Å². The fraction of sp³-hybridized carbons (Fsp3) is 0.562. The highest BCUT2D eigenvalue weighted by Crippen LogP contribution is 2.33. The van der Waals surface area contributed by atoms with Crippen LogP contribution in [0.5, 0.6) is 0 Å². The first-order valence-electron chi connectivity index (χ1n) is 7.76. The Labute approximate surface area is 139 Å². The Morgan fingerprint density at radius 2 is 1.86 bits per heavy atom. The molecule has 2 aliphatic rings. The van der Waals surface area contributed by atoms with E-state index in [-0.39, 0.29) is 28.0 Å². The van der Waals surface area contributed by atoms with Crippen LogP contribution in [0.2, 0.25) is 10.0 Å². The zero-order chi connectivity index (χ0) is 15.7. The van der Waals surface area contributed by atoms with E-state index in [9.17, 15) is 9.18 Å². The fourth-order valence-electron chi connectivity index (χ4n) is 3.52. The van der Waals surface area contributed by atoms with Gasteiger partial charge >= 0.3 is 0 Å². The molecule has 1 atom stereocenters. The molecule has 120 valence electrons. The average Bonchev–Trinajstić information content (AvgIpc) is 3.19. The summed E-state index contributed by atoms with van der Waals surface area (Å²) in [6.45, 7) is 1.72. The van der Waals surface area contributed by atoms with Gasteiger partial charge in [-0.05, 0) is 37.9 Å². The summed E-state index contributed by atoms with van der Waals surface area (Å²) in [4.78, 5) is 15.0. The highest BCUT2D eigenvalue weighted by Gasteiger charge is 2.35. The molecule has 1 aromatic rings. The minimum Gasteiger partial charge on any atom is -0.331 e. The summed E-state index contributed by atoms with van der Waals surface area (Å²) in [5, 5.41) is 3.14. The molecule has 0 unspecified atom stereocenters. The molecular formula is C16H19Cl2FN2O. The van der Waals surface area contributed by atoms with Gasteiger partial charge in [0.1, 0.15) is 5.82 Å². The van der Waals surface area contributed by atoms with Crippen molar-refractivity contribution in [3.8, 4) is 0 Å². The first-order valence-corrected chi connectivity index (χ1v) is 8.52.